The van der Waals surface area contributed by atoms with Crippen LogP contribution < -0.4 is 0 Å². The zero-order valence-electron chi connectivity index (χ0n) is 10.9. The molecule has 96 valence electrons. The second kappa shape index (κ2) is 4.57. The van der Waals surface area contributed by atoms with Gasteiger partial charge in [0.15, 0.2) is 0 Å². The number of hydrogen-bond acceptors (Lipinski definition) is 4. The fourth-order valence-corrected chi connectivity index (χ4v) is 2.41. The number of hydrogen-bond donors (Lipinski definition) is 0. The lowest BCUT2D eigenvalue weighted by atomic mass is 10.3. The number of fused-ring (bicyclic) bond motifs is 1. The van der Waals surface area contributed by atoms with Gasteiger partial charge in [-0.3, -0.25) is 4.90 Å². The molecule has 5 nitrogen and oxygen atoms in total. The third-order valence-electron chi connectivity index (χ3n) is 3.46. The molecule has 0 atom stereocenters. The van der Waals surface area contributed by atoms with Crippen molar-refractivity contribution in [2.75, 3.05) is 6.54 Å². The van der Waals surface area contributed by atoms with Gasteiger partial charge in [0.1, 0.15) is 23.2 Å². The highest BCUT2D eigenvalue weighted by atomic mass is 16.3. The zero-order chi connectivity index (χ0) is 12.5. The molecule has 0 saturated carbocycles. The van der Waals surface area contributed by atoms with E-state index < -0.39 is 0 Å². The van der Waals surface area contributed by atoms with Crippen molar-refractivity contribution in [2.24, 2.45) is 0 Å². The smallest absolute Gasteiger partial charge is 0.147 e. The van der Waals surface area contributed by atoms with Gasteiger partial charge in [-0.1, -0.05) is 6.92 Å². The molecule has 0 aromatic carbocycles. The summed E-state index contributed by atoms with van der Waals surface area (Å²) in [6.45, 7) is 7.80. The van der Waals surface area contributed by atoms with Crippen molar-refractivity contribution in [3.8, 4) is 0 Å². The molecule has 0 unspecified atom stereocenters. The van der Waals surface area contributed by atoms with E-state index in [4.69, 9.17) is 4.42 Å². The number of nitrogens with zero attached hydrogens (tertiary/aromatic N) is 4. The van der Waals surface area contributed by atoms with Gasteiger partial charge in [-0.25, -0.2) is 0 Å². The van der Waals surface area contributed by atoms with Crippen LogP contribution in [0.3, 0.4) is 0 Å². The molecule has 0 amide bonds. The van der Waals surface area contributed by atoms with Crippen LogP contribution in [0.5, 0.6) is 0 Å². The largest absolute Gasteiger partial charge is 0.465 e. The molecular weight excluding hydrogens is 228 g/mol. The van der Waals surface area contributed by atoms with Crippen LogP contribution in [0.4, 0.5) is 0 Å². The van der Waals surface area contributed by atoms with Gasteiger partial charge < -0.3 is 8.98 Å². The molecule has 0 bridgehead atoms. The molecule has 0 N–H and O–H groups in total. The summed E-state index contributed by atoms with van der Waals surface area (Å²) in [7, 11) is 0. The Labute approximate surface area is 106 Å². The molecule has 1 aliphatic rings. The maximum Gasteiger partial charge on any atom is 0.147 e. The molecule has 0 saturated heterocycles. The lowest BCUT2D eigenvalue weighted by Crippen LogP contribution is -2.33. The van der Waals surface area contributed by atoms with Gasteiger partial charge in [0.2, 0.25) is 0 Å². The van der Waals surface area contributed by atoms with Crippen LogP contribution >= 0.6 is 0 Å². The first-order chi connectivity index (χ1) is 8.76. The third kappa shape index (κ3) is 2.06. The first-order valence-electron chi connectivity index (χ1n) is 6.45. The zero-order valence-corrected chi connectivity index (χ0v) is 10.9. The van der Waals surface area contributed by atoms with Gasteiger partial charge in [-0.05, 0) is 19.1 Å². The highest BCUT2D eigenvalue weighted by Crippen LogP contribution is 2.16. The maximum atomic E-state index is 5.74. The summed E-state index contributed by atoms with van der Waals surface area (Å²) < 4.78 is 7.93. The van der Waals surface area contributed by atoms with Gasteiger partial charge in [0, 0.05) is 19.5 Å². The minimum absolute atomic E-state index is 0.850. The Morgan fingerprint density at radius 3 is 2.83 bits per heavy atom. The Hall–Kier alpha value is -1.62. The predicted molar refractivity (Wildman–Crippen MR) is 67.0 cm³/mol. The SMILES string of the molecule is CCc1ccc(CN2CCn3c(C)nnc3C2)o1. The minimum Gasteiger partial charge on any atom is -0.465 e. The van der Waals surface area contributed by atoms with Crippen molar-refractivity contribution in [1.82, 2.24) is 19.7 Å². The molecule has 0 spiro atoms. The molecule has 2 aromatic rings. The van der Waals surface area contributed by atoms with Crippen molar-refractivity contribution >= 4 is 0 Å². The fraction of sp³-hybridized carbons (Fsp3) is 0.538. The predicted octanol–water partition coefficient (Wildman–Crippen LogP) is 1.76. The summed E-state index contributed by atoms with van der Waals surface area (Å²) >= 11 is 0. The molecule has 3 heterocycles. The molecule has 5 heteroatoms. The van der Waals surface area contributed by atoms with Crippen LogP contribution in [0, 0.1) is 6.92 Å². The Morgan fingerprint density at radius 2 is 2.06 bits per heavy atom. The Balaban J connectivity index is 1.69. The molecular formula is C13H18N4O. The minimum atomic E-state index is 0.850. The van der Waals surface area contributed by atoms with Crippen LogP contribution in [0.25, 0.3) is 0 Å². The summed E-state index contributed by atoms with van der Waals surface area (Å²) in [6, 6.07) is 4.13. The summed E-state index contributed by atoms with van der Waals surface area (Å²) in [4.78, 5) is 2.35. The van der Waals surface area contributed by atoms with Crippen molar-refractivity contribution in [1.29, 1.82) is 0 Å². The average Bonchev–Trinajstić information content (AvgIpc) is 2.97. The van der Waals surface area contributed by atoms with Crippen molar-refractivity contribution in [2.45, 2.75) is 39.9 Å². The van der Waals surface area contributed by atoms with E-state index in [-0.39, 0.29) is 0 Å². The first-order valence-corrected chi connectivity index (χ1v) is 6.45. The monoisotopic (exact) mass is 246 g/mol. The summed E-state index contributed by atoms with van der Waals surface area (Å²) in [5.41, 5.74) is 0. The van der Waals surface area contributed by atoms with Gasteiger partial charge >= 0.3 is 0 Å². The molecule has 18 heavy (non-hydrogen) atoms. The summed E-state index contributed by atoms with van der Waals surface area (Å²) in [5.74, 6) is 4.16. The average molecular weight is 246 g/mol. The molecule has 1 aliphatic heterocycles. The van der Waals surface area contributed by atoms with E-state index in [2.05, 4.69) is 38.7 Å². The third-order valence-corrected chi connectivity index (χ3v) is 3.46. The van der Waals surface area contributed by atoms with Crippen LogP contribution in [-0.2, 0) is 26.1 Å². The Kier molecular flexibility index (Phi) is 2.91. The van der Waals surface area contributed by atoms with Crippen LogP contribution in [0.15, 0.2) is 16.5 Å². The van der Waals surface area contributed by atoms with E-state index in [0.29, 0.717) is 0 Å². The Bertz CT molecular complexity index is 543. The van der Waals surface area contributed by atoms with E-state index in [9.17, 15) is 0 Å². The number of furan rings is 1. The second-order valence-corrected chi connectivity index (χ2v) is 4.75. The molecule has 0 radical (unpaired) electrons. The summed E-state index contributed by atoms with van der Waals surface area (Å²) in [6.07, 6.45) is 0.952. The van der Waals surface area contributed by atoms with Crippen LogP contribution in [0.2, 0.25) is 0 Å². The van der Waals surface area contributed by atoms with Crippen LogP contribution in [0.1, 0.15) is 30.1 Å². The lowest BCUT2D eigenvalue weighted by molar-refractivity contribution is 0.191. The number of aromatic nitrogens is 3. The molecule has 3 rings (SSSR count). The van der Waals surface area contributed by atoms with E-state index >= 15 is 0 Å². The molecule has 2 aromatic heterocycles. The van der Waals surface area contributed by atoms with E-state index in [0.717, 1.165) is 55.8 Å². The number of rotatable bonds is 3. The standard InChI is InChI=1S/C13H18N4O/c1-3-11-4-5-12(18-11)8-16-6-7-17-10(2)14-15-13(17)9-16/h4-5H,3,6-9H2,1-2H3. The summed E-state index contributed by atoms with van der Waals surface area (Å²) in [5, 5.41) is 8.33. The molecule has 0 aliphatic carbocycles. The van der Waals surface area contributed by atoms with Crippen molar-refractivity contribution < 1.29 is 4.42 Å². The van der Waals surface area contributed by atoms with E-state index in [1.807, 2.05) is 6.92 Å². The van der Waals surface area contributed by atoms with Gasteiger partial charge in [0.25, 0.3) is 0 Å². The normalized spacial score (nSPS) is 15.9. The highest BCUT2D eigenvalue weighted by Gasteiger charge is 2.20. The first kappa shape index (κ1) is 11.5. The van der Waals surface area contributed by atoms with Gasteiger partial charge in [0.05, 0.1) is 13.1 Å². The lowest BCUT2D eigenvalue weighted by Gasteiger charge is -2.26. The van der Waals surface area contributed by atoms with E-state index in [1.54, 1.807) is 0 Å². The second-order valence-electron chi connectivity index (χ2n) is 4.75. The van der Waals surface area contributed by atoms with Crippen LogP contribution in [-0.4, -0.2) is 26.2 Å². The number of aryl methyl sites for hydroxylation is 2. The van der Waals surface area contributed by atoms with Crippen molar-refractivity contribution in [3.63, 3.8) is 0 Å². The maximum absolute atomic E-state index is 5.74. The quantitative estimate of drug-likeness (QED) is 0.828. The Morgan fingerprint density at radius 1 is 1.22 bits per heavy atom. The van der Waals surface area contributed by atoms with Gasteiger partial charge in [-0.2, -0.15) is 0 Å². The van der Waals surface area contributed by atoms with E-state index in [1.165, 1.54) is 0 Å². The van der Waals surface area contributed by atoms with Crippen molar-refractivity contribution in [3.05, 3.63) is 35.3 Å². The topological polar surface area (TPSA) is 47.1 Å². The highest BCUT2D eigenvalue weighted by molar-refractivity contribution is 5.07. The molecule has 0 fully saturated rings. The fourth-order valence-electron chi connectivity index (χ4n) is 2.41. The van der Waals surface area contributed by atoms with Gasteiger partial charge in [-0.15, -0.1) is 10.2 Å².